The molecule has 0 radical (unpaired) electrons. The molecule has 4 heteroatoms. The predicted octanol–water partition coefficient (Wildman–Crippen LogP) is 1.61. The van der Waals surface area contributed by atoms with Gasteiger partial charge in [-0.1, -0.05) is 18.2 Å². The third-order valence-electron chi connectivity index (χ3n) is 2.36. The number of ether oxygens (including phenoxy) is 1. The predicted molar refractivity (Wildman–Crippen MR) is 60.7 cm³/mol. The number of rotatable bonds is 5. The lowest BCUT2D eigenvalue weighted by Crippen LogP contribution is -2.30. The Labute approximate surface area is 93.9 Å². The van der Waals surface area contributed by atoms with Crippen molar-refractivity contribution < 1.29 is 9.57 Å². The standard InChI is InChI=1S/C11H15NO2S/c12-14-6-5-9-3-1-2-4-11(9)15-10-7-13-8-10/h1-4,10H,5-8,12H2. The molecule has 0 unspecified atom stereocenters. The molecular formula is C11H15NO2S. The van der Waals surface area contributed by atoms with E-state index in [0.717, 1.165) is 19.6 Å². The molecule has 1 aromatic carbocycles. The molecule has 1 heterocycles. The Hall–Kier alpha value is -0.550. The van der Waals surface area contributed by atoms with Crippen molar-refractivity contribution in [3.8, 4) is 0 Å². The fourth-order valence-corrected chi connectivity index (χ4v) is 2.62. The second kappa shape index (κ2) is 5.51. The van der Waals surface area contributed by atoms with Crippen molar-refractivity contribution in [3.63, 3.8) is 0 Å². The van der Waals surface area contributed by atoms with Gasteiger partial charge < -0.3 is 9.57 Å². The zero-order valence-electron chi connectivity index (χ0n) is 8.52. The average Bonchev–Trinajstić information content (AvgIpc) is 2.22. The molecule has 1 saturated heterocycles. The second-order valence-electron chi connectivity index (χ2n) is 3.51. The van der Waals surface area contributed by atoms with E-state index in [1.807, 2.05) is 17.8 Å². The minimum Gasteiger partial charge on any atom is -0.379 e. The Morgan fingerprint density at radius 1 is 1.40 bits per heavy atom. The summed E-state index contributed by atoms with van der Waals surface area (Å²) < 4.78 is 5.16. The van der Waals surface area contributed by atoms with E-state index < -0.39 is 0 Å². The fourth-order valence-electron chi connectivity index (χ4n) is 1.46. The van der Waals surface area contributed by atoms with Crippen molar-refractivity contribution in [2.75, 3.05) is 19.8 Å². The molecular weight excluding hydrogens is 210 g/mol. The summed E-state index contributed by atoms with van der Waals surface area (Å²) in [4.78, 5) is 5.93. The Morgan fingerprint density at radius 3 is 2.87 bits per heavy atom. The van der Waals surface area contributed by atoms with Crippen LogP contribution < -0.4 is 5.90 Å². The molecule has 0 spiro atoms. The number of benzene rings is 1. The molecule has 1 aromatic rings. The molecule has 15 heavy (non-hydrogen) atoms. The van der Waals surface area contributed by atoms with E-state index in [9.17, 15) is 0 Å². The summed E-state index contributed by atoms with van der Waals surface area (Å²) in [6.45, 7) is 2.30. The third kappa shape index (κ3) is 2.95. The molecule has 82 valence electrons. The lowest BCUT2D eigenvalue weighted by Gasteiger charge is -2.26. The molecule has 2 rings (SSSR count). The third-order valence-corrected chi connectivity index (χ3v) is 3.62. The zero-order valence-corrected chi connectivity index (χ0v) is 9.33. The Balaban J connectivity index is 1.99. The highest BCUT2D eigenvalue weighted by Crippen LogP contribution is 2.30. The van der Waals surface area contributed by atoms with E-state index in [-0.39, 0.29) is 0 Å². The molecule has 1 fully saturated rings. The Kier molecular flexibility index (Phi) is 4.02. The highest BCUT2D eigenvalue weighted by Gasteiger charge is 2.20. The van der Waals surface area contributed by atoms with Gasteiger partial charge in [-0.3, -0.25) is 0 Å². The summed E-state index contributed by atoms with van der Waals surface area (Å²) >= 11 is 1.89. The van der Waals surface area contributed by atoms with E-state index >= 15 is 0 Å². The molecule has 1 aliphatic heterocycles. The molecule has 0 aliphatic carbocycles. The molecule has 0 aromatic heterocycles. The van der Waals surface area contributed by atoms with Crippen molar-refractivity contribution in [2.45, 2.75) is 16.6 Å². The largest absolute Gasteiger partial charge is 0.379 e. The fraction of sp³-hybridized carbons (Fsp3) is 0.455. The SMILES string of the molecule is NOCCc1ccccc1SC1COC1. The minimum absolute atomic E-state index is 0.568. The first-order valence-electron chi connectivity index (χ1n) is 5.04. The van der Waals surface area contributed by atoms with Gasteiger partial charge in [0, 0.05) is 4.90 Å². The van der Waals surface area contributed by atoms with Gasteiger partial charge in [-0.2, -0.15) is 0 Å². The van der Waals surface area contributed by atoms with Gasteiger partial charge in [0.25, 0.3) is 0 Å². The van der Waals surface area contributed by atoms with E-state index in [1.165, 1.54) is 10.5 Å². The van der Waals surface area contributed by atoms with Crippen molar-refractivity contribution in [3.05, 3.63) is 29.8 Å². The molecule has 0 saturated carbocycles. The van der Waals surface area contributed by atoms with Gasteiger partial charge in [0.1, 0.15) is 0 Å². The van der Waals surface area contributed by atoms with E-state index in [4.69, 9.17) is 10.6 Å². The summed E-state index contributed by atoms with van der Waals surface area (Å²) in [6, 6.07) is 8.39. The van der Waals surface area contributed by atoms with E-state index in [2.05, 4.69) is 23.0 Å². The van der Waals surface area contributed by atoms with Crippen LogP contribution in [-0.4, -0.2) is 25.1 Å². The molecule has 0 bridgehead atoms. The van der Waals surface area contributed by atoms with Crippen molar-refractivity contribution in [1.29, 1.82) is 0 Å². The lowest BCUT2D eigenvalue weighted by atomic mass is 10.2. The van der Waals surface area contributed by atoms with Crippen LogP contribution >= 0.6 is 11.8 Å². The van der Waals surface area contributed by atoms with Gasteiger partial charge >= 0.3 is 0 Å². The molecule has 0 atom stereocenters. The summed E-state index contributed by atoms with van der Waals surface area (Å²) in [6.07, 6.45) is 0.868. The Bertz CT molecular complexity index is 315. The van der Waals surface area contributed by atoms with Gasteiger partial charge in [-0.25, -0.2) is 5.90 Å². The topological polar surface area (TPSA) is 44.5 Å². The van der Waals surface area contributed by atoms with Crippen LogP contribution in [0.4, 0.5) is 0 Å². The van der Waals surface area contributed by atoms with Gasteiger partial charge in [0.2, 0.25) is 0 Å². The Morgan fingerprint density at radius 2 is 2.20 bits per heavy atom. The maximum absolute atomic E-state index is 5.16. The van der Waals surface area contributed by atoms with Gasteiger partial charge in [-0.05, 0) is 18.1 Å². The van der Waals surface area contributed by atoms with Crippen molar-refractivity contribution in [2.24, 2.45) is 5.90 Å². The lowest BCUT2D eigenvalue weighted by molar-refractivity contribution is 0.0455. The first-order chi connectivity index (χ1) is 7.40. The van der Waals surface area contributed by atoms with Crippen LogP contribution in [0.2, 0.25) is 0 Å². The molecule has 3 nitrogen and oxygen atoms in total. The van der Waals surface area contributed by atoms with Crippen LogP contribution in [0.3, 0.4) is 0 Å². The quantitative estimate of drug-likeness (QED) is 0.773. The number of nitrogens with two attached hydrogens (primary N) is 1. The van der Waals surface area contributed by atoms with Crippen LogP contribution in [0, 0.1) is 0 Å². The van der Waals surface area contributed by atoms with Crippen LogP contribution in [0.15, 0.2) is 29.2 Å². The van der Waals surface area contributed by atoms with Crippen LogP contribution in [0.1, 0.15) is 5.56 Å². The van der Waals surface area contributed by atoms with Crippen molar-refractivity contribution >= 4 is 11.8 Å². The molecule has 0 amide bonds. The number of thioether (sulfide) groups is 1. The normalized spacial score (nSPS) is 16.3. The van der Waals surface area contributed by atoms with Crippen molar-refractivity contribution in [1.82, 2.24) is 0 Å². The average molecular weight is 225 g/mol. The summed E-state index contributed by atoms with van der Waals surface area (Å²) in [7, 11) is 0. The zero-order chi connectivity index (χ0) is 10.5. The highest BCUT2D eigenvalue weighted by atomic mass is 32.2. The summed E-state index contributed by atoms with van der Waals surface area (Å²) in [5.41, 5.74) is 1.31. The van der Waals surface area contributed by atoms with Gasteiger partial charge in [0.15, 0.2) is 0 Å². The maximum atomic E-state index is 5.16. The molecule has 1 aliphatic rings. The number of hydrogen-bond acceptors (Lipinski definition) is 4. The van der Waals surface area contributed by atoms with E-state index in [0.29, 0.717) is 11.9 Å². The second-order valence-corrected chi connectivity index (χ2v) is 4.85. The summed E-state index contributed by atoms with van der Waals surface area (Å²) in [5, 5.41) is 0.616. The first kappa shape index (κ1) is 11.0. The monoisotopic (exact) mass is 225 g/mol. The van der Waals surface area contributed by atoms with Gasteiger partial charge in [0.05, 0.1) is 25.1 Å². The first-order valence-corrected chi connectivity index (χ1v) is 5.92. The van der Waals surface area contributed by atoms with Crippen LogP contribution in [0.5, 0.6) is 0 Å². The summed E-state index contributed by atoms with van der Waals surface area (Å²) in [5.74, 6) is 5.04. The number of hydrogen-bond donors (Lipinski definition) is 1. The molecule has 2 N–H and O–H groups in total. The smallest absolute Gasteiger partial charge is 0.0720 e. The van der Waals surface area contributed by atoms with Crippen LogP contribution in [-0.2, 0) is 16.0 Å². The van der Waals surface area contributed by atoms with E-state index in [1.54, 1.807) is 0 Å². The highest BCUT2D eigenvalue weighted by molar-refractivity contribution is 8.00. The minimum atomic E-state index is 0.568. The van der Waals surface area contributed by atoms with Gasteiger partial charge in [-0.15, -0.1) is 11.8 Å². The maximum Gasteiger partial charge on any atom is 0.0720 e. The van der Waals surface area contributed by atoms with Crippen LogP contribution in [0.25, 0.3) is 0 Å².